The number of rotatable bonds is 7. The summed E-state index contributed by atoms with van der Waals surface area (Å²) in [5.41, 5.74) is 3.53. The highest BCUT2D eigenvalue weighted by Gasteiger charge is 2.07. The van der Waals surface area contributed by atoms with Crippen molar-refractivity contribution >= 4 is 0 Å². The fourth-order valence-electron chi connectivity index (χ4n) is 1.90. The normalized spacial score (nSPS) is 10.8. The maximum atomic E-state index is 4.60. The van der Waals surface area contributed by atoms with E-state index in [1.807, 2.05) is 0 Å². The molecule has 0 amide bonds. The van der Waals surface area contributed by atoms with Crippen LogP contribution in [0, 0.1) is 13.8 Å². The summed E-state index contributed by atoms with van der Waals surface area (Å²) >= 11 is 0. The first kappa shape index (κ1) is 14.1. The summed E-state index contributed by atoms with van der Waals surface area (Å²) in [5.74, 6) is 1.00. The Morgan fingerprint density at radius 3 is 2.18 bits per heavy atom. The number of nitrogens with zero attached hydrogens (tertiary/aromatic N) is 2. The van der Waals surface area contributed by atoms with Crippen LogP contribution < -0.4 is 5.32 Å². The molecule has 96 valence electrons. The molecule has 0 aromatic carbocycles. The minimum Gasteiger partial charge on any atom is -0.313 e. The van der Waals surface area contributed by atoms with Crippen LogP contribution in [-0.2, 0) is 13.0 Å². The van der Waals surface area contributed by atoms with E-state index in [2.05, 4.69) is 43.0 Å². The lowest BCUT2D eigenvalue weighted by Gasteiger charge is -2.11. The van der Waals surface area contributed by atoms with Crippen molar-refractivity contribution in [3.8, 4) is 0 Å². The highest BCUT2D eigenvalue weighted by atomic mass is 14.9. The smallest absolute Gasteiger partial charge is 0.128 e. The van der Waals surface area contributed by atoms with Crippen molar-refractivity contribution in [3.63, 3.8) is 0 Å². The third kappa shape index (κ3) is 4.43. The van der Waals surface area contributed by atoms with Crippen molar-refractivity contribution in [1.29, 1.82) is 0 Å². The average Bonchev–Trinajstić information content (AvgIpc) is 2.30. The quantitative estimate of drug-likeness (QED) is 0.738. The first-order valence-electron chi connectivity index (χ1n) is 6.72. The molecule has 0 fully saturated rings. The standard InChI is InChI=1S/C14H25N3/c1-5-7-8-14-16-11(3)13(12(4)17-14)10-15-9-6-2/h15H,5-10H2,1-4H3. The van der Waals surface area contributed by atoms with Crippen LogP contribution in [0.1, 0.15) is 55.9 Å². The maximum absolute atomic E-state index is 4.60. The Hall–Kier alpha value is -0.960. The zero-order chi connectivity index (χ0) is 12.7. The van der Waals surface area contributed by atoms with Gasteiger partial charge in [0, 0.05) is 29.9 Å². The highest BCUT2D eigenvalue weighted by molar-refractivity contribution is 5.24. The molecule has 0 saturated carbocycles. The number of nitrogens with one attached hydrogen (secondary N) is 1. The van der Waals surface area contributed by atoms with E-state index < -0.39 is 0 Å². The van der Waals surface area contributed by atoms with Crippen molar-refractivity contribution in [3.05, 3.63) is 22.8 Å². The molecule has 0 aliphatic heterocycles. The van der Waals surface area contributed by atoms with Gasteiger partial charge in [0.2, 0.25) is 0 Å². The fraction of sp³-hybridized carbons (Fsp3) is 0.714. The molecule has 0 aliphatic rings. The van der Waals surface area contributed by atoms with E-state index in [1.165, 1.54) is 18.4 Å². The summed E-state index contributed by atoms with van der Waals surface area (Å²) in [6.45, 7) is 10.5. The molecular formula is C14H25N3. The maximum Gasteiger partial charge on any atom is 0.128 e. The van der Waals surface area contributed by atoms with E-state index in [4.69, 9.17) is 0 Å². The van der Waals surface area contributed by atoms with Crippen LogP contribution >= 0.6 is 0 Å². The predicted octanol–water partition coefficient (Wildman–Crippen LogP) is 2.94. The molecule has 3 nitrogen and oxygen atoms in total. The summed E-state index contributed by atoms with van der Waals surface area (Å²) < 4.78 is 0. The fourth-order valence-corrected chi connectivity index (χ4v) is 1.90. The SMILES string of the molecule is CCCCc1nc(C)c(CNCCC)c(C)n1. The van der Waals surface area contributed by atoms with E-state index in [-0.39, 0.29) is 0 Å². The molecule has 1 rings (SSSR count). The van der Waals surface area contributed by atoms with Crippen LogP contribution in [0.5, 0.6) is 0 Å². The van der Waals surface area contributed by atoms with Gasteiger partial charge in [-0.25, -0.2) is 9.97 Å². The summed E-state index contributed by atoms with van der Waals surface area (Å²) in [7, 11) is 0. The van der Waals surface area contributed by atoms with Gasteiger partial charge in [-0.1, -0.05) is 20.3 Å². The first-order chi connectivity index (χ1) is 8.19. The molecule has 1 aromatic rings. The van der Waals surface area contributed by atoms with Crippen molar-refractivity contribution < 1.29 is 0 Å². The van der Waals surface area contributed by atoms with Crippen LogP contribution in [0.3, 0.4) is 0 Å². The van der Waals surface area contributed by atoms with Crippen molar-refractivity contribution in [1.82, 2.24) is 15.3 Å². The summed E-state index contributed by atoms with van der Waals surface area (Å²) in [5, 5.41) is 3.42. The molecule has 0 aliphatic carbocycles. The van der Waals surface area contributed by atoms with Gasteiger partial charge in [0.1, 0.15) is 5.82 Å². The van der Waals surface area contributed by atoms with E-state index >= 15 is 0 Å². The van der Waals surface area contributed by atoms with Gasteiger partial charge in [-0.3, -0.25) is 0 Å². The van der Waals surface area contributed by atoms with Crippen molar-refractivity contribution in [2.45, 2.75) is 59.9 Å². The Bertz CT molecular complexity index is 324. The Balaban J connectivity index is 2.72. The Morgan fingerprint density at radius 1 is 1.00 bits per heavy atom. The van der Waals surface area contributed by atoms with E-state index in [0.717, 1.165) is 43.1 Å². The van der Waals surface area contributed by atoms with Gasteiger partial charge in [-0.15, -0.1) is 0 Å². The molecule has 0 bridgehead atoms. The Morgan fingerprint density at radius 2 is 1.65 bits per heavy atom. The lowest BCUT2D eigenvalue weighted by atomic mass is 10.1. The average molecular weight is 235 g/mol. The number of aryl methyl sites for hydroxylation is 3. The monoisotopic (exact) mass is 235 g/mol. The number of hydrogen-bond acceptors (Lipinski definition) is 3. The highest BCUT2D eigenvalue weighted by Crippen LogP contribution is 2.11. The summed E-state index contributed by atoms with van der Waals surface area (Å²) in [6, 6.07) is 0. The third-order valence-corrected chi connectivity index (χ3v) is 2.95. The number of aromatic nitrogens is 2. The zero-order valence-corrected chi connectivity index (χ0v) is 11.6. The van der Waals surface area contributed by atoms with Gasteiger partial charge < -0.3 is 5.32 Å². The largest absolute Gasteiger partial charge is 0.313 e. The van der Waals surface area contributed by atoms with Gasteiger partial charge >= 0.3 is 0 Å². The van der Waals surface area contributed by atoms with Crippen molar-refractivity contribution in [2.75, 3.05) is 6.54 Å². The second-order valence-electron chi connectivity index (χ2n) is 4.57. The molecule has 0 spiro atoms. The molecular weight excluding hydrogens is 210 g/mol. The zero-order valence-electron chi connectivity index (χ0n) is 11.6. The molecule has 1 aromatic heterocycles. The van der Waals surface area contributed by atoms with Gasteiger partial charge in [-0.05, 0) is 33.2 Å². The molecule has 3 heteroatoms. The molecule has 0 radical (unpaired) electrons. The molecule has 0 saturated heterocycles. The van der Waals surface area contributed by atoms with Gasteiger partial charge in [-0.2, -0.15) is 0 Å². The summed E-state index contributed by atoms with van der Waals surface area (Å²) in [6.07, 6.45) is 4.53. The first-order valence-corrected chi connectivity index (χ1v) is 6.72. The Kier molecular flexibility index (Phi) is 6.12. The van der Waals surface area contributed by atoms with E-state index in [9.17, 15) is 0 Å². The Labute approximate surface area is 105 Å². The van der Waals surface area contributed by atoms with Crippen LogP contribution in [0.4, 0.5) is 0 Å². The van der Waals surface area contributed by atoms with Crippen LogP contribution in [0.15, 0.2) is 0 Å². The van der Waals surface area contributed by atoms with Gasteiger partial charge in [0.25, 0.3) is 0 Å². The third-order valence-electron chi connectivity index (χ3n) is 2.95. The molecule has 0 atom stereocenters. The minimum atomic E-state index is 0.888. The van der Waals surface area contributed by atoms with Crippen LogP contribution in [0.2, 0.25) is 0 Å². The molecule has 1 heterocycles. The summed E-state index contributed by atoms with van der Waals surface area (Å²) in [4.78, 5) is 9.20. The molecule has 17 heavy (non-hydrogen) atoms. The predicted molar refractivity (Wildman–Crippen MR) is 72.1 cm³/mol. The van der Waals surface area contributed by atoms with Crippen LogP contribution in [0.25, 0.3) is 0 Å². The topological polar surface area (TPSA) is 37.8 Å². The number of unbranched alkanes of at least 4 members (excludes halogenated alkanes) is 1. The van der Waals surface area contributed by atoms with Crippen molar-refractivity contribution in [2.24, 2.45) is 0 Å². The number of hydrogen-bond donors (Lipinski definition) is 1. The second-order valence-corrected chi connectivity index (χ2v) is 4.57. The van der Waals surface area contributed by atoms with Crippen LogP contribution in [-0.4, -0.2) is 16.5 Å². The van der Waals surface area contributed by atoms with Gasteiger partial charge in [0.05, 0.1) is 0 Å². The lowest BCUT2D eigenvalue weighted by molar-refractivity contribution is 0.659. The van der Waals surface area contributed by atoms with E-state index in [1.54, 1.807) is 0 Å². The minimum absolute atomic E-state index is 0.888. The molecule has 0 unspecified atom stereocenters. The second kappa shape index (κ2) is 7.38. The lowest BCUT2D eigenvalue weighted by Crippen LogP contribution is -2.17. The van der Waals surface area contributed by atoms with Gasteiger partial charge in [0.15, 0.2) is 0 Å². The van der Waals surface area contributed by atoms with E-state index in [0.29, 0.717) is 0 Å². The molecule has 1 N–H and O–H groups in total.